The third-order valence-electron chi connectivity index (χ3n) is 2.47. The van der Waals surface area contributed by atoms with Gasteiger partial charge >= 0.3 is 5.97 Å². The van der Waals surface area contributed by atoms with Crippen molar-refractivity contribution in [3.05, 3.63) is 35.4 Å². The van der Waals surface area contributed by atoms with E-state index >= 15 is 0 Å². The molecule has 0 spiro atoms. The summed E-state index contributed by atoms with van der Waals surface area (Å²) in [5.74, 6) is -0.427. The summed E-state index contributed by atoms with van der Waals surface area (Å²) in [6.45, 7) is 4.55. The van der Waals surface area contributed by atoms with Gasteiger partial charge in [-0.2, -0.15) is 4.89 Å². The van der Waals surface area contributed by atoms with Crippen molar-refractivity contribution in [2.75, 3.05) is 6.61 Å². The summed E-state index contributed by atoms with van der Waals surface area (Å²) in [5.41, 5.74) is 1.56. The lowest BCUT2D eigenvalue weighted by molar-refractivity contribution is -0.241. The van der Waals surface area contributed by atoms with Crippen molar-refractivity contribution in [3.8, 4) is 0 Å². The van der Waals surface area contributed by atoms with E-state index in [1.54, 1.807) is 12.1 Å². The zero-order valence-electron chi connectivity index (χ0n) is 10.6. The first kappa shape index (κ1) is 13.7. The Morgan fingerprint density at radius 2 is 2.06 bits per heavy atom. The molecule has 1 rings (SSSR count). The molecule has 0 aliphatic rings. The van der Waals surface area contributed by atoms with Crippen molar-refractivity contribution in [1.29, 1.82) is 0 Å². The highest BCUT2D eigenvalue weighted by molar-refractivity contribution is 5.89. The number of benzene rings is 1. The third-order valence-corrected chi connectivity index (χ3v) is 2.47. The van der Waals surface area contributed by atoms with Gasteiger partial charge in [-0.15, -0.1) is 0 Å². The Hall–Kier alpha value is -1.35. The molecule has 94 valence electrons. The Labute approximate surface area is 103 Å². The second kappa shape index (κ2) is 7.85. The van der Waals surface area contributed by atoms with E-state index in [-0.39, 0.29) is 0 Å². The minimum absolute atomic E-state index is 0.427. The molecular weight excluding hydrogens is 216 g/mol. The maximum absolute atomic E-state index is 11.5. The molecule has 1 aromatic rings. The first-order valence-corrected chi connectivity index (χ1v) is 6.14. The Kier molecular flexibility index (Phi) is 6.33. The minimum Gasteiger partial charge on any atom is -0.293 e. The number of hydrogen-bond acceptors (Lipinski definition) is 3. The maximum Gasteiger partial charge on any atom is 0.373 e. The highest BCUT2D eigenvalue weighted by atomic mass is 17.2. The Balaban J connectivity index is 2.21. The number of rotatable bonds is 7. The van der Waals surface area contributed by atoms with Gasteiger partial charge in [-0.05, 0) is 25.5 Å². The molecule has 0 radical (unpaired) electrons. The topological polar surface area (TPSA) is 35.5 Å². The molecule has 0 saturated heterocycles. The first-order chi connectivity index (χ1) is 8.24. The van der Waals surface area contributed by atoms with Crippen LogP contribution in [0.5, 0.6) is 0 Å². The van der Waals surface area contributed by atoms with Crippen LogP contribution in [0.3, 0.4) is 0 Å². The molecule has 0 N–H and O–H groups in total. The number of carbonyl (C=O) groups is 1. The van der Waals surface area contributed by atoms with E-state index < -0.39 is 5.97 Å². The van der Waals surface area contributed by atoms with Gasteiger partial charge in [-0.1, -0.05) is 43.9 Å². The van der Waals surface area contributed by atoms with Gasteiger partial charge in [-0.3, -0.25) is 4.89 Å². The minimum atomic E-state index is -0.427. The Morgan fingerprint density at radius 3 is 2.76 bits per heavy atom. The largest absolute Gasteiger partial charge is 0.373 e. The summed E-state index contributed by atoms with van der Waals surface area (Å²) in [6.07, 6.45) is 4.41. The van der Waals surface area contributed by atoms with Crippen LogP contribution < -0.4 is 0 Å². The van der Waals surface area contributed by atoms with Crippen LogP contribution in [0.2, 0.25) is 0 Å². The fourth-order valence-electron chi connectivity index (χ4n) is 1.50. The third kappa shape index (κ3) is 5.50. The van der Waals surface area contributed by atoms with Crippen LogP contribution in [0.1, 0.15) is 48.5 Å². The van der Waals surface area contributed by atoms with Crippen molar-refractivity contribution in [1.82, 2.24) is 0 Å². The molecule has 0 aliphatic carbocycles. The van der Waals surface area contributed by atoms with Crippen molar-refractivity contribution in [2.24, 2.45) is 0 Å². The molecule has 0 aliphatic heterocycles. The van der Waals surface area contributed by atoms with Crippen LogP contribution in [-0.4, -0.2) is 12.6 Å². The van der Waals surface area contributed by atoms with Gasteiger partial charge in [0, 0.05) is 0 Å². The summed E-state index contributed by atoms with van der Waals surface area (Å²) in [5, 5.41) is 0. The molecule has 0 amide bonds. The van der Waals surface area contributed by atoms with E-state index in [1.165, 1.54) is 12.8 Å². The van der Waals surface area contributed by atoms with Gasteiger partial charge in [0.25, 0.3) is 0 Å². The van der Waals surface area contributed by atoms with Crippen molar-refractivity contribution >= 4 is 5.97 Å². The van der Waals surface area contributed by atoms with Crippen molar-refractivity contribution < 1.29 is 14.6 Å². The molecule has 0 heterocycles. The second-order valence-electron chi connectivity index (χ2n) is 4.12. The SMILES string of the molecule is CCCCCCOOC(=O)c1cccc(C)c1. The molecule has 0 saturated carbocycles. The zero-order valence-corrected chi connectivity index (χ0v) is 10.6. The van der Waals surface area contributed by atoms with Crippen LogP contribution in [0.4, 0.5) is 0 Å². The predicted molar refractivity (Wildman–Crippen MR) is 66.7 cm³/mol. The molecule has 17 heavy (non-hydrogen) atoms. The van der Waals surface area contributed by atoms with Crippen LogP contribution >= 0.6 is 0 Å². The zero-order chi connectivity index (χ0) is 12.5. The van der Waals surface area contributed by atoms with Crippen molar-refractivity contribution in [3.63, 3.8) is 0 Å². The summed E-state index contributed by atoms with van der Waals surface area (Å²) >= 11 is 0. The van der Waals surface area contributed by atoms with Crippen LogP contribution in [0.25, 0.3) is 0 Å². The van der Waals surface area contributed by atoms with Gasteiger partial charge in [0.15, 0.2) is 0 Å². The van der Waals surface area contributed by atoms with Crippen molar-refractivity contribution in [2.45, 2.75) is 39.5 Å². The molecular formula is C14H20O3. The highest BCUT2D eigenvalue weighted by Gasteiger charge is 2.07. The lowest BCUT2D eigenvalue weighted by Crippen LogP contribution is -2.07. The van der Waals surface area contributed by atoms with E-state index in [4.69, 9.17) is 9.78 Å². The van der Waals surface area contributed by atoms with Crippen LogP contribution in [-0.2, 0) is 9.78 Å². The number of aryl methyl sites for hydroxylation is 1. The van der Waals surface area contributed by atoms with E-state index in [0.717, 1.165) is 18.4 Å². The Bertz CT molecular complexity index is 347. The summed E-state index contributed by atoms with van der Waals surface area (Å²) < 4.78 is 0. The quantitative estimate of drug-likeness (QED) is 0.411. The Morgan fingerprint density at radius 1 is 1.24 bits per heavy atom. The van der Waals surface area contributed by atoms with Crippen LogP contribution in [0, 0.1) is 6.92 Å². The summed E-state index contributed by atoms with van der Waals surface area (Å²) in [7, 11) is 0. The molecule has 0 fully saturated rings. The summed E-state index contributed by atoms with van der Waals surface area (Å²) in [4.78, 5) is 21.1. The highest BCUT2D eigenvalue weighted by Crippen LogP contribution is 2.06. The lowest BCUT2D eigenvalue weighted by Gasteiger charge is -2.04. The maximum atomic E-state index is 11.5. The molecule has 1 aromatic carbocycles. The van der Waals surface area contributed by atoms with E-state index in [1.807, 2.05) is 19.1 Å². The lowest BCUT2D eigenvalue weighted by atomic mass is 10.1. The number of hydrogen-bond donors (Lipinski definition) is 0. The van der Waals surface area contributed by atoms with E-state index in [9.17, 15) is 4.79 Å². The van der Waals surface area contributed by atoms with Gasteiger partial charge < -0.3 is 0 Å². The van der Waals surface area contributed by atoms with Gasteiger partial charge in [-0.25, -0.2) is 4.79 Å². The standard InChI is InChI=1S/C14H20O3/c1-3-4-5-6-10-16-17-14(15)13-9-7-8-12(2)11-13/h7-9,11H,3-6,10H2,1-2H3. The van der Waals surface area contributed by atoms with Gasteiger partial charge in [0.05, 0.1) is 12.2 Å². The normalized spacial score (nSPS) is 10.2. The molecule has 3 nitrogen and oxygen atoms in total. The van der Waals surface area contributed by atoms with Gasteiger partial charge in [0.2, 0.25) is 0 Å². The predicted octanol–water partition coefficient (Wildman–Crippen LogP) is 3.66. The average Bonchev–Trinajstić information content (AvgIpc) is 2.33. The van der Waals surface area contributed by atoms with E-state index in [0.29, 0.717) is 12.2 Å². The number of unbranched alkanes of at least 4 members (excludes halogenated alkanes) is 3. The molecule has 3 heteroatoms. The fourth-order valence-corrected chi connectivity index (χ4v) is 1.50. The molecule has 0 unspecified atom stereocenters. The fraction of sp³-hybridized carbons (Fsp3) is 0.500. The first-order valence-electron chi connectivity index (χ1n) is 6.14. The molecule has 0 bridgehead atoms. The monoisotopic (exact) mass is 236 g/mol. The van der Waals surface area contributed by atoms with Gasteiger partial charge in [0.1, 0.15) is 0 Å². The second-order valence-corrected chi connectivity index (χ2v) is 4.12. The smallest absolute Gasteiger partial charge is 0.293 e. The summed E-state index contributed by atoms with van der Waals surface area (Å²) in [6, 6.07) is 7.26. The molecule has 0 aromatic heterocycles. The number of carbonyl (C=O) groups excluding carboxylic acids is 1. The average molecular weight is 236 g/mol. The van der Waals surface area contributed by atoms with E-state index in [2.05, 4.69) is 6.92 Å². The molecule has 0 atom stereocenters. The van der Waals surface area contributed by atoms with Crippen LogP contribution in [0.15, 0.2) is 24.3 Å².